The fourth-order valence-corrected chi connectivity index (χ4v) is 3.27. The highest BCUT2D eigenvalue weighted by Gasteiger charge is 2.42. The third-order valence-electron chi connectivity index (χ3n) is 4.27. The van der Waals surface area contributed by atoms with Crippen LogP contribution in [0.3, 0.4) is 0 Å². The first-order valence-electron chi connectivity index (χ1n) is 8.11. The summed E-state index contributed by atoms with van der Waals surface area (Å²) in [5.41, 5.74) is 2.62. The molecule has 1 spiro atoms. The Labute approximate surface area is 137 Å². The SMILES string of the molecule is CC1=CC2(CCN(C(=O)OC(C)(C)C)C2)Nc2nc(C)ccc21. The molecule has 0 saturated carbocycles. The fraction of sp³-hybridized carbons (Fsp3) is 0.556. The van der Waals surface area contributed by atoms with E-state index in [1.54, 1.807) is 4.90 Å². The number of nitrogens with one attached hydrogen (secondary N) is 1. The number of pyridine rings is 1. The van der Waals surface area contributed by atoms with Crippen LogP contribution >= 0.6 is 0 Å². The van der Waals surface area contributed by atoms with E-state index in [2.05, 4.69) is 29.4 Å². The minimum atomic E-state index is -0.468. The predicted octanol–water partition coefficient (Wildman–Crippen LogP) is 3.60. The molecule has 1 unspecified atom stereocenters. The highest BCUT2D eigenvalue weighted by atomic mass is 16.6. The maximum atomic E-state index is 12.3. The first-order valence-corrected chi connectivity index (χ1v) is 8.11. The Balaban J connectivity index is 1.80. The molecule has 5 heteroatoms. The molecule has 0 aliphatic carbocycles. The second kappa shape index (κ2) is 5.25. The molecule has 0 radical (unpaired) electrons. The van der Waals surface area contributed by atoms with Gasteiger partial charge in [-0.2, -0.15) is 0 Å². The number of hydrogen-bond acceptors (Lipinski definition) is 4. The lowest BCUT2D eigenvalue weighted by atomic mass is 9.89. The molecule has 3 heterocycles. The number of aryl methyl sites for hydroxylation is 1. The van der Waals surface area contributed by atoms with Gasteiger partial charge in [-0.1, -0.05) is 6.08 Å². The molecule has 2 aliphatic heterocycles. The molecule has 124 valence electrons. The van der Waals surface area contributed by atoms with Gasteiger partial charge >= 0.3 is 6.09 Å². The third kappa shape index (κ3) is 3.19. The van der Waals surface area contributed by atoms with E-state index in [-0.39, 0.29) is 11.6 Å². The van der Waals surface area contributed by atoms with Crippen molar-refractivity contribution in [2.45, 2.75) is 52.2 Å². The molecule has 1 atom stereocenters. The Morgan fingerprint density at radius 1 is 1.35 bits per heavy atom. The van der Waals surface area contributed by atoms with E-state index >= 15 is 0 Å². The molecule has 0 aromatic carbocycles. The van der Waals surface area contributed by atoms with Gasteiger partial charge in [-0.3, -0.25) is 0 Å². The molecule has 1 aromatic rings. The summed E-state index contributed by atoms with van der Waals surface area (Å²) >= 11 is 0. The standard InChI is InChI=1S/C18H25N3O2/c1-12-10-18(20-15-14(12)7-6-13(2)19-15)8-9-21(11-18)16(22)23-17(3,4)5/h6-7,10H,8-9,11H2,1-5H3,(H,19,20). The van der Waals surface area contributed by atoms with E-state index in [1.807, 2.05) is 33.8 Å². The average Bonchev–Trinajstić information content (AvgIpc) is 2.79. The lowest BCUT2D eigenvalue weighted by Gasteiger charge is -2.34. The van der Waals surface area contributed by atoms with Crippen LogP contribution in [0.15, 0.2) is 18.2 Å². The van der Waals surface area contributed by atoms with Crippen molar-refractivity contribution in [2.75, 3.05) is 18.4 Å². The first kappa shape index (κ1) is 15.8. The number of amides is 1. The second-order valence-corrected chi connectivity index (χ2v) is 7.61. The van der Waals surface area contributed by atoms with Gasteiger partial charge in [0.25, 0.3) is 0 Å². The van der Waals surface area contributed by atoms with Gasteiger partial charge in [0.05, 0.1) is 12.1 Å². The van der Waals surface area contributed by atoms with Gasteiger partial charge in [0.15, 0.2) is 0 Å². The molecule has 2 aliphatic rings. The van der Waals surface area contributed by atoms with E-state index in [0.29, 0.717) is 13.1 Å². The van der Waals surface area contributed by atoms with E-state index in [1.165, 1.54) is 5.57 Å². The Hall–Kier alpha value is -2.04. The number of ether oxygens (including phenoxy) is 1. The zero-order valence-electron chi connectivity index (χ0n) is 14.6. The Morgan fingerprint density at radius 3 is 2.78 bits per heavy atom. The zero-order chi connectivity index (χ0) is 16.8. The predicted molar refractivity (Wildman–Crippen MR) is 91.4 cm³/mol. The lowest BCUT2D eigenvalue weighted by molar-refractivity contribution is 0.0289. The molecular formula is C18H25N3O2. The molecule has 1 N–H and O–H groups in total. The van der Waals surface area contributed by atoms with Crippen LogP contribution in [-0.2, 0) is 4.74 Å². The number of rotatable bonds is 0. The average molecular weight is 315 g/mol. The van der Waals surface area contributed by atoms with Crippen molar-refractivity contribution in [2.24, 2.45) is 0 Å². The minimum absolute atomic E-state index is 0.241. The number of carbonyl (C=O) groups excluding carboxylic acids is 1. The molecule has 5 nitrogen and oxygen atoms in total. The summed E-state index contributed by atoms with van der Waals surface area (Å²) in [6.45, 7) is 11.1. The molecule has 1 fully saturated rings. The van der Waals surface area contributed by atoms with E-state index in [9.17, 15) is 4.79 Å². The summed E-state index contributed by atoms with van der Waals surface area (Å²) in [4.78, 5) is 18.7. The quantitative estimate of drug-likeness (QED) is 0.795. The topological polar surface area (TPSA) is 54.5 Å². The normalized spacial score (nSPS) is 23.3. The molecule has 3 rings (SSSR count). The summed E-state index contributed by atoms with van der Waals surface area (Å²) in [6, 6.07) is 4.13. The fourth-order valence-electron chi connectivity index (χ4n) is 3.27. The maximum Gasteiger partial charge on any atom is 0.410 e. The smallest absolute Gasteiger partial charge is 0.410 e. The van der Waals surface area contributed by atoms with Gasteiger partial charge < -0.3 is 15.0 Å². The molecule has 1 saturated heterocycles. The molecule has 23 heavy (non-hydrogen) atoms. The summed E-state index contributed by atoms with van der Waals surface area (Å²) in [6.07, 6.45) is 2.85. The Bertz CT molecular complexity index is 675. The van der Waals surface area contributed by atoms with Crippen LogP contribution in [0.5, 0.6) is 0 Å². The van der Waals surface area contributed by atoms with Gasteiger partial charge in [0.2, 0.25) is 0 Å². The summed E-state index contributed by atoms with van der Waals surface area (Å²) in [5.74, 6) is 0.913. The van der Waals surface area contributed by atoms with Crippen molar-refractivity contribution in [3.8, 4) is 0 Å². The number of allylic oxidation sites excluding steroid dienone is 1. The number of nitrogens with zero attached hydrogens (tertiary/aromatic N) is 2. The number of fused-ring (bicyclic) bond motifs is 1. The largest absolute Gasteiger partial charge is 0.444 e. The number of likely N-dealkylation sites (tertiary alicyclic amines) is 1. The van der Waals surface area contributed by atoms with Gasteiger partial charge in [0.1, 0.15) is 11.4 Å². The van der Waals surface area contributed by atoms with Crippen molar-refractivity contribution in [3.63, 3.8) is 0 Å². The van der Waals surface area contributed by atoms with Crippen molar-refractivity contribution in [1.82, 2.24) is 9.88 Å². The van der Waals surface area contributed by atoms with Gasteiger partial charge in [-0.05, 0) is 58.7 Å². The Morgan fingerprint density at radius 2 is 2.09 bits per heavy atom. The minimum Gasteiger partial charge on any atom is -0.444 e. The number of aromatic nitrogens is 1. The zero-order valence-corrected chi connectivity index (χ0v) is 14.6. The van der Waals surface area contributed by atoms with Crippen LogP contribution in [0.1, 0.15) is 45.4 Å². The molecule has 1 amide bonds. The molecule has 0 bridgehead atoms. The van der Waals surface area contributed by atoms with Crippen LogP contribution in [0.25, 0.3) is 5.57 Å². The van der Waals surface area contributed by atoms with Crippen molar-refractivity contribution >= 4 is 17.5 Å². The lowest BCUT2D eigenvalue weighted by Crippen LogP contribution is -2.44. The van der Waals surface area contributed by atoms with Crippen LogP contribution < -0.4 is 5.32 Å². The van der Waals surface area contributed by atoms with Crippen molar-refractivity contribution in [1.29, 1.82) is 0 Å². The molecule has 1 aromatic heterocycles. The van der Waals surface area contributed by atoms with Crippen LogP contribution in [0, 0.1) is 6.92 Å². The van der Waals surface area contributed by atoms with Crippen molar-refractivity contribution < 1.29 is 9.53 Å². The number of anilines is 1. The highest BCUT2D eigenvalue weighted by Crippen LogP contribution is 2.37. The van der Waals surface area contributed by atoms with Crippen LogP contribution in [0.4, 0.5) is 10.6 Å². The third-order valence-corrected chi connectivity index (χ3v) is 4.27. The van der Waals surface area contributed by atoms with Crippen LogP contribution in [-0.4, -0.2) is 40.2 Å². The monoisotopic (exact) mass is 315 g/mol. The van der Waals surface area contributed by atoms with Gasteiger partial charge in [0, 0.05) is 17.8 Å². The summed E-state index contributed by atoms with van der Waals surface area (Å²) < 4.78 is 5.49. The Kier molecular flexibility index (Phi) is 3.62. The number of hydrogen-bond donors (Lipinski definition) is 1. The highest BCUT2D eigenvalue weighted by molar-refractivity contribution is 5.79. The second-order valence-electron chi connectivity index (χ2n) is 7.61. The van der Waals surface area contributed by atoms with E-state index in [4.69, 9.17) is 4.74 Å². The molecular weight excluding hydrogens is 290 g/mol. The number of carbonyl (C=O) groups is 1. The maximum absolute atomic E-state index is 12.3. The van der Waals surface area contributed by atoms with E-state index < -0.39 is 5.60 Å². The summed E-state index contributed by atoms with van der Waals surface area (Å²) in [5, 5.41) is 3.55. The van der Waals surface area contributed by atoms with Crippen molar-refractivity contribution in [3.05, 3.63) is 29.5 Å². The summed E-state index contributed by atoms with van der Waals surface area (Å²) in [7, 11) is 0. The first-order chi connectivity index (χ1) is 10.7. The van der Waals surface area contributed by atoms with E-state index in [0.717, 1.165) is 23.5 Å². The van der Waals surface area contributed by atoms with Gasteiger partial charge in [-0.15, -0.1) is 0 Å². The van der Waals surface area contributed by atoms with Crippen LogP contribution in [0.2, 0.25) is 0 Å². The van der Waals surface area contributed by atoms with Gasteiger partial charge in [-0.25, -0.2) is 9.78 Å².